The molecule has 1 amide bonds. The lowest BCUT2D eigenvalue weighted by molar-refractivity contribution is -0.115. The van der Waals surface area contributed by atoms with Gasteiger partial charge in [0.05, 0.1) is 18.7 Å². The Kier molecular flexibility index (Phi) is 5.43. The highest BCUT2D eigenvalue weighted by molar-refractivity contribution is 5.92. The predicted molar refractivity (Wildman–Crippen MR) is 94.9 cm³/mol. The van der Waals surface area contributed by atoms with Gasteiger partial charge in [0.25, 0.3) is 0 Å². The fraction of sp³-hybridized carbons (Fsp3) is 0.158. The number of amides is 1. The van der Waals surface area contributed by atoms with E-state index in [4.69, 9.17) is 9.84 Å². The van der Waals surface area contributed by atoms with Gasteiger partial charge in [0.1, 0.15) is 12.4 Å². The van der Waals surface area contributed by atoms with E-state index in [-0.39, 0.29) is 19.1 Å². The molecular formula is C19H19N3O3. The highest BCUT2D eigenvalue weighted by Crippen LogP contribution is 2.16. The summed E-state index contributed by atoms with van der Waals surface area (Å²) >= 11 is 0. The second kappa shape index (κ2) is 8.12. The molecule has 128 valence electrons. The smallest absolute Gasteiger partial charge is 0.228 e. The molecule has 3 rings (SSSR count). The second-order valence-corrected chi connectivity index (χ2v) is 5.44. The summed E-state index contributed by atoms with van der Waals surface area (Å²) < 4.78 is 7.05. The van der Waals surface area contributed by atoms with Crippen molar-refractivity contribution < 1.29 is 14.6 Å². The number of hydrogen-bond acceptors (Lipinski definition) is 4. The summed E-state index contributed by atoms with van der Waals surface area (Å²) in [6.45, 7) is 0.220. The lowest BCUT2D eigenvalue weighted by atomic mass is 10.1. The molecule has 1 heterocycles. The third-order valence-electron chi connectivity index (χ3n) is 3.57. The van der Waals surface area contributed by atoms with Crippen LogP contribution in [0.1, 0.15) is 5.56 Å². The molecule has 0 aliphatic heterocycles. The number of aromatic nitrogens is 2. The molecule has 2 N–H and O–H groups in total. The quantitative estimate of drug-likeness (QED) is 0.694. The van der Waals surface area contributed by atoms with E-state index in [2.05, 4.69) is 10.4 Å². The minimum atomic E-state index is -0.0872. The molecule has 0 spiro atoms. The molecular weight excluding hydrogens is 318 g/mol. The molecule has 25 heavy (non-hydrogen) atoms. The maximum absolute atomic E-state index is 12.2. The summed E-state index contributed by atoms with van der Waals surface area (Å²) in [5.41, 5.74) is 2.58. The number of rotatable bonds is 7. The predicted octanol–water partition coefficient (Wildman–Crippen LogP) is 2.42. The van der Waals surface area contributed by atoms with Gasteiger partial charge in [0, 0.05) is 18.1 Å². The molecule has 0 unspecified atom stereocenters. The van der Waals surface area contributed by atoms with Crippen LogP contribution >= 0.6 is 0 Å². The number of anilines is 1. The largest absolute Gasteiger partial charge is 0.491 e. The number of ether oxygens (including phenoxy) is 1. The van der Waals surface area contributed by atoms with Gasteiger partial charge in [-0.3, -0.25) is 4.79 Å². The fourth-order valence-electron chi connectivity index (χ4n) is 2.38. The third kappa shape index (κ3) is 4.68. The Morgan fingerprint density at radius 1 is 1.12 bits per heavy atom. The first-order valence-corrected chi connectivity index (χ1v) is 7.97. The van der Waals surface area contributed by atoms with E-state index in [0.717, 1.165) is 11.3 Å². The number of nitrogens with zero attached hydrogens (tertiary/aromatic N) is 2. The molecule has 3 aromatic rings. The van der Waals surface area contributed by atoms with E-state index in [1.54, 1.807) is 35.1 Å². The van der Waals surface area contributed by atoms with Crippen molar-refractivity contribution in [1.29, 1.82) is 0 Å². The van der Waals surface area contributed by atoms with Gasteiger partial charge in [-0.1, -0.05) is 12.1 Å². The van der Waals surface area contributed by atoms with Crippen molar-refractivity contribution >= 4 is 11.6 Å². The van der Waals surface area contributed by atoms with Crippen LogP contribution < -0.4 is 10.1 Å². The Labute approximate surface area is 145 Å². The van der Waals surface area contributed by atoms with Crippen LogP contribution in [-0.2, 0) is 11.2 Å². The van der Waals surface area contributed by atoms with Crippen molar-refractivity contribution in [2.75, 3.05) is 18.5 Å². The molecule has 2 aromatic carbocycles. The monoisotopic (exact) mass is 337 g/mol. The third-order valence-corrected chi connectivity index (χ3v) is 3.57. The summed E-state index contributed by atoms with van der Waals surface area (Å²) in [7, 11) is 0. The van der Waals surface area contributed by atoms with Gasteiger partial charge in [-0.2, -0.15) is 5.10 Å². The summed E-state index contributed by atoms with van der Waals surface area (Å²) in [4.78, 5) is 12.2. The molecule has 0 fully saturated rings. The highest BCUT2D eigenvalue weighted by atomic mass is 16.5. The van der Waals surface area contributed by atoms with E-state index in [1.807, 2.05) is 36.5 Å². The molecule has 1 aromatic heterocycles. The van der Waals surface area contributed by atoms with Crippen LogP contribution in [0.25, 0.3) is 5.69 Å². The lowest BCUT2D eigenvalue weighted by Gasteiger charge is -2.08. The first-order valence-electron chi connectivity index (χ1n) is 7.97. The average molecular weight is 337 g/mol. The van der Waals surface area contributed by atoms with Crippen LogP contribution in [0.3, 0.4) is 0 Å². The summed E-state index contributed by atoms with van der Waals surface area (Å²) in [5, 5.41) is 15.8. The van der Waals surface area contributed by atoms with Gasteiger partial charge in [0.2, 0.25) is 5.91 Å². The normalized spacial score (nSPS) is 10.4. The van der Waals surface area contributed by atoms with Crippen LogP contribution in [0.2, 0.25) is 0 Å². The number of nitrogens with one attached hydrogen (secondary N) is 1. The van der Waals surface area contributed by atoms with Gasteiger partial charge in [-0.25, -0.2) is 4.68 Å². The van der Waals surface area contributed by atoms with Gasteiger partial charge in [0.15, 0.2) is 0 Å². The molecule has 0 bridgehead atoms. The number of hydrogen-bond donors (Lipinski definition) is 2. The van der Waals surface area contributed by atoms with Crippen LogP contribution in [-0.4, -0.2) is 34.0 Å². The number of benzene rings is 2. The lowest BCUT2D eigenvalue weighted by Crippen LogP contribution is -2.14. The first kappa shape index (κ1) is 16.7. The van der Waals surface area contributed by atoms with Crippen LogP contribution in [0.15, 0.2) is 67.0 Å². The van der Waals surface area contributed by atoms with Crippen molar-refractivity contribution in [2.45, 2.75) is 6.42 Å². The Hall–Kier alpha value is -3.12. The number of carbonyl (C=O) groups is 1. The standard InChI is InChI=1S/C19H19N3O3/c23-12-13-25-18-8-4-16(5-9-18)21-19(24)14-15-2-6-17(7-3-15)22-11-1-10-20-22/h1-11,23H,12-14H2,(H,21,24). The van der Waals surface area contributed by atoms with Crippen molar-refractivity contribution in [3.63, 3.8) is 0 Å². The summed E-state index contributed by atoms with van der Waals surface area (Å²) in [6.07, 6.45) is 3.89. The maximum atomic E-state index is 12.2. The van der Waals surface area contributed by atoms with Crippen LogP contribution in [0.4, 0.5) is 5.69 Å². The second-order valence-electron chi connectivity index (χ2n) is 5.44. The molecule has 0 saturated heterocycles. The highest BCUT2D eigenvalue weighted by Gasteiger charge is 2.05. The van der Waals surface area contributed by atoms with E-state index < -0.39 is 0 Å². The maximum Gasteiger partial charge on any atom is 0.228 e. The van der Waals surface area contributed by atoms with Gasteiger partial charge >= 0.3 is 0 Å². The van der Waals surface area contributed by atoms with Crippen molar-refractivity contribution in [3.8, 4) is 11.4 Å². The van der Waals surface area contributed by atoms with Crippen LogP contribution in [0.5, 0.6) is 5.75 Å². The fourth-order valence-corrected chi connectivity index (χ4v) is 2.38. The topological polar surface area (TPSA) is 76.4 Å². The average Bonchev–Trinajstić information content (AvgIpc) is 3.16. The van der Waals surface area contributed by atoms with Gasteiger partial charge in [-0.05, 0) is 48.0 Å². The molecule has 6 nitrogen and oxygen atoms in total. The molecule has 0 atom stereocenters. The van der Waals surface area contributed by atoms with Crippen molar-refractivity contribution in [2.24, 2.45) is 0 Å². The van der Waals surface area contributed by atoms with Crippen molar-refractivity contribution in [1.82, 2.24) is 9.78 Å². The summed E-state index contributed by atoms with van der Waals surface area (Å²) in [5.74, 6) is 0.567. The molecule has 0 aliphatic rings. The summed E-state index contributed by atoms with van der Waals surface area (Å²) in [6, 6.07) is 16.6. The Morgan fingerprint density at radius 2 is 1.88 bits per heavy atom. The Morgan fingerprint density at radius 3 is 2.52 bits per heavy atom. The van der Waals surface area contributed by atoms with Crippen molar-refractivity contribution in [3.05, 3.63) is 72.6 Å². The minimum Gasteiger partial charge on any atom is -0.491 e. The van der Waals surface area contributed by atoms with E-state index in [0.29, 0.717) is 17.9 Å². The number of carbonyl (C=O) groups excluding carboxylic acids is 1. The van der Waals surface area contributed by atoms with E-state index >= 15 is 0 Å². The van der Waals surface area contributed by atoms with E-state index in [9.17, 15) is 4.79 Å². The zero-order valence-electron chi connectivity index (χ0n) is 13.6. The Bertz CT molecular complexity index is 797. The van der Waals surface area contributed by atoms with Crippen LogP contribution in [0, 0.1) is 0 Å². The molecule has 6 heteroatoms. The van der Waals surface area contributed by atoms with Gasteiger partial charge in [-0.15, -0.1) is 0 Å². The number of aliphatic hydroxyl groups is 1. The molecule has 0 radical (unpaired) electrons. The van der Waals surface area contributed by atoms with E-state index in [1.165, 1.54) is 0 Å². The zero-order chi connectivity index (χ0) is 17.5. The first-order chi connectivity index (χ1) is 12.2. The number of aliphatic hydroxyl groups excluding tert-OH is 1. The minimum absolute atomic E-state index is 0.0301. The zero-order valence-corrected chi connectivity index (χ0v) is 13.6. The Balaban J connectivity index is 1.55. The SMILES string of the molecule is O=C(Cc1ccc(-n2cccn2)cc1)Nc1ccc(OCCO)cc1. The molecule has 0 aliphatic carbocycles. The van der Waals surface area contributed by atoms with Gasteiger partial charge < -0.3 is 15.2 Å². The molecule has 0 saturated carbocycles.